The highest BCUT2D eigenvalue weighted by Gasteiger charge is 2.20. The van der Waals surface area contributed by atoms with Gasteiger partial charge in [-0.2, -0.15) is 0 Å². The number of ketones is 1. The molecule has 0 heterocycles. The minimum absolute atomic E-state index is 0.342. The summed E-state index contributed by atoms with van der Waals surface area (Å²) in [5.41, 5.74) is 0.700. The van der Waals surface area contributed by atoms with Crippen LogP contribution in [0.1, 0.15) is 27.6 Å². The molecule has 0 saturated heterocycles. The Bertz CT molecular complexity index is 1070. The van der Waals surface area contributed by atoms with Crippen LogP contribution in [0.3, 0.4) is 0 Å². The SMILES string of the molecule is CC(OC(=O)CNC(=O)c1ccc(Oc2ccccc2)cc1)C(=O)c1cccc(Cl)c1. The van der Waals surface area contributed by atoms with Crippen LogP contribution in [0.2, 0.25) is 5.02 Å². The van der Waals surface area contributed by atoms with E-state index in [1.807, 2.05) is 30.3 Å². The minimum Gasteiger partial charge on any atom is -0.457 e. The molecule has 31 heavy (non-hydrogen) atoms. The molecule has 1 N–H and O–H groups in total. The number of amides is 1. The standard InChI is InChI=1S/C24H20ClNO5/c1-16(23(28)18-6-5-7-19(25)14-18)30-22(27)15-26-24(29)17-10-12-21(13-11-17)31-20-8-3-2-4-9-20/h2-14,16H,15H2,1H3,(H,26,29). The number of esters is 1. The van der Waals surface area contributed by atoms with Crippen molar-refractivity contribution >= 4 is 29.3 Å². The number of hydrogen-bond acceptors (Lipinski definition) is 5. The van der Waals surface area contributed by atoms with Gasteiger partial charge in [-0.05, 0) is 55.5 Å². The van der Waals surface area contributed by atoms with Crippen molar-refractivity contribution in [3.05, 3.63) is 95.0 Å². The molecule has 0 bridgehead atoms. The molecule has 0 radical (unpaired) electrons. The molecule has 3 aromatic rings. The fraction of sp³-hybridized carbons (Fsp3) is 0.125. The van der Waals surface area contributed by atoms with Gasteiger partial charge in [0, 0.05) is 16.1 Å². The topological polar surface area (TPSA) is 81.7 Å². The maximum Gasteiger partial charge on any atom is 0.326 e. The van der Waals surface area contributed by atoms with E-state index in [9.17, 15) is 14.4 Å². The van der Waals surface area contributed by atoms with Crippen molar-refractivity contribution in [3.63, 3.8) is 0 Å². The van der Waals surface area contributed by atoms with E-state index in [2.05, 4.69) is 5.32 Å². The zero-order chi connectivity index (χ0) is 22.2. The van der Waals surface area contributed by atoms with E-state index in [0.29, 0.717) is 27.6 Å². The summed E-state index contributed by atoms with van der Waals surface area (Å²) >= 11 is 5.88. The molecule has 0 spiro atoms. The highest BCUT2D eigenvalue weighted by atomic mass is 35.5. The number of carbonyl (C=O) groups is 3. The van der Waals surface area contributed by atoms with Crippen molar-refractivity contribution in [2.24, 2.45) is 0 Å². The van der Waals surface area contributed by atoms with Crippen molar-refractivity contribution in [1.29, 1.82) is 0 Å². The lowest BCUT2D eigenvalue weighted by Gasteiger charge is -2.13. The van der Waals surface area contributed by atoms with Gasteiger partial charge in [0.25, 0.3) is 5.91 Å². The molecular weight excluding hydrogens is 418 g/mol. The molecule has 0 aliphatic rings. The Labute approximate surface area is 184 Å². The Hall–Kier alpha value is -3.64. The fourth-order valence-corrected chi connectivity index (χ4v) is 2.91. The third-order valence-electron chi connectivity index (χ3n) is 4.28. The summed E-state index contributed by atoms with van der Waals surface area (Å²) in [5, 5.41) is 2.89. The van der Waals surface area contributed by atoms with Crippen LogP contribution >= 0.6 is 11.6 Å². The highest BCUT2D eigenvalue weighted by Crippen LogP contribution is 2.21. The van der Waals surface area contributed by atoms with Crippen LogP contribution in [0.25, 0.3) is 0 Å². The number of nitrogens with one attached hydrogen (secondary N) is 1. The second-order valence-corrected chi connectivity index (χ2v) is 7.07. The summed E-state index contributed by atoms with van der Waals surface area (Å²) < 4.78 is 10.8. The molecule has 7 heteroatoms. The van der Waals surface area contributed by atoms with Crippen molar-refractivity contribution in [1.82, 2.24) is 5.32 Å². The lowest BCUT2D eigenvalue weighted by atomic mass is 10.1. The lowest BCUT2D eigenvalue weighted by Crippen LogP contribution is -2.34. The van der Waals surface area contributed by atoms with Crippen molar-refractivity contribution < 1.29 is 23.9 Å². The Morgan fingerprint density at radius 2 is 1.55 bits per heavy atom. The van der Waals surface area contributed by atoms with Crippen LogP contribution in [-0.4, -0.2) is 30.3 Å². The first kappa shape index (κ1) is 22.1. The van der Waals surface area contributed by atoms with E-state index in [1.54, 1.807) is 42.5 Å². The molecule has 0 aliphatic carbocycles. The molecule has 0 aromatic heterocycles. The van der Waals surface area contributed by atoms with Crippen LogP contribution in [0.15, 0.2) is 78.9 Å². The lowest BCUT2D eigenvalue weighted by molar-refractivity contribution is -0.145. The van der Waals surface area contributed by atoms with Gasteiger partial charge in [0.2, 0.25) is 5.78 Å². The smallest absolute Gasteiger partial charge is 0.326 e. The van der Waals surface area contributed by atoms with Crippen LogP contribution in [0, 0.1) is 0 Å². The number of Topliss-reactive ketones (excluding diaryl/α,β-unsaturated/α-hetero) is 1. The van der Waals surface area contributed by atoms with Crippen LogP contribution in [-0.2, 0) is 9.53 Å². The zero-order valence-electron chi connectivity index (χ0n) is 16.7. The van der Waals surface area contributed by atoms with Crippen molar-refractivity contribution in [2.45, 2.75) is 13.0 Å². The highest BCUT2D eigenvalue weighted by molar-refractivity contribution is 6.31. The average molecular weight is 438 g/mol. The third kappa shape index (κ3) is 6.42. The number of para-hydroxylation sites is 1. The molecule has 0 aliphatic heterocycles. The Kier molecular flexibility index (Phi) is 7.40. The van der Waals surface area contributed by atoms with Gasteiger partial charge >= 0.3 is 5.97 Å². The van der Waals surface area contributed by atoms with Crippen LogP contribution < -0.4 is 10.1 Å². The van der Waals surface area contributed by atoms with E-state index < -0.39 is 18.0 Å². The van der Waals surface area contributed by atoms with Gasteiger partial charge in [-0.3, -0.25) is 14.4 Å². The first-order valence-corrected chi connectivity index (χ1v) is 9.90. The van der Waals surface area contributed by atoms with Gasteiger partial charge in [-0.15, -0.1) is 0 Å². The number of benzene rings is 3. The second kappa shape index (κ2) is 10.4. The van der Waals surface area contributed by atoms with E-state index in [-0.39, 0.29) is 12.3 Å². The van der Waals surface area contributed by atoms with Gasteiger partial charge < -0.3 is 14.8 Å². The van der Waals surface area contributed by atoms with Gasteiger partial charge in [-0.25, -0.2) is 0 Å². The number of halogens is 1. The van der Waals surface area contributed by atoms with Crippen molar-refractivity contribution in [3.8, 4) is 11.5 Å². The fourth-order valence-electron chi connectivity index (χ4n) is 2.72. The molecule has 1 amide bonds. The van der Waals surface area contributed by atoms with E-state index in [1.165, 1.54) is 13.0 Å². The summed E-state index contributed by atoms with van der Waals surface area (Å²) in [6, 6.07) is 22.1. The van der Waals surface area contributed by atoms with Crippen LogP contribution in [0.5, 0.6) is 11.5 Å². The number of rotatable bonds is 8. The van der Waals surface area contributed by atoms with Crippen molar-refractivity contribution in [2.75, 3.05) is 6.54 Å². The van der Waals surface area contributed by atoms with E-state index >= 15 is 0 Å². The molecule has 3 rings (SSSR count). The van der Waals surface area contributed by atoms with Gasteiger partial charge in [0.15, 0.2) is 6.10 Å². The summed E-state index contributed by atoms with van der Waals surface area (Å²) in [4.78, 5) is 36.6. The number of ether oxygens (including phenoxy) is 2. The van der Waals surface area contributed by atoms with E-state index in [0.717, 1.165) is 0 Å². The Morgan fingerprint density at radius 3 is 2.23 bits per heavy atom. The monoisotopic (exact) mass is 437 g/mol. The predicted octanol–water partition coefficient (Wildman–Crippen LogP) is 4.68. The summed E-state index contributed by atoms with van der Waals surface area (Å²) in [7, 11) is 0. The molecule has 158 valence electrons. The van der Waals surface area contributed by atoms with Gasteiger partial charge in [-0.1, -0.05) is 41.9 Å². The molecule has 6 nitrogen and oxygen atoms in total. The summed E-state index contributed by atoms with van der Waals surface area (Å²) in [5.74, 6) is -0.284. The second-order valence-electron chi connectivity index (χ2n) is 6.63. The molecule has 3 aromatic carbocycles. The number of carbonyl (C=O) groups excluding carboxylic acids is 3. The quantitative estimate of drug-likeness (QED) is 0.409. The maximum atomic E-state index is 12.3. The largest absolute Gasteiger partial charge is 0.457 e. The zero-order valence-corrected chi connectivity index (χ0v) is 17.5. The average Bonchev–Trinajstić information content (AvgIpc) is 2.78. The van der Waals surface area contributed by atoms with E-state index in [4.69, 9.17) is 21.1 Å². The Morgan fingerprint density at radius 1 is 0.871 bits per heavy atom. The molecule has 1 atom stereocenters. The first-order valence-electron chi connectivity index (χ1n) is 9.53. The molecular formula is C24H20ClNO5. The summed E-state index contributed by atoms with van der Waals surface area (Å²) in [6.45, 7) is 1.10. The third-order valence-corrected chi connectivity index (χ3v) is 4.51. The maximum absolute atomic E-state index is 12.3. The molecule has 0 fully saturated rings. The molecule has 0 saturated carbocycles. The molecule has 1 unspecified atom stereocenters. The minimum atomic E-state index is -1.00. The Balaban J connectivity index is 1.48. The number of hydrogen-bond donors (Lipinski definition) is 1. The van der Waals surface area contributed by atoms with Gasteiger partial charge in [0.1, 0.15) is 18.0 Å². The first-order chi connectivity index (χ1) is 14.9. The summed E-state index contributed by atoms with van der Waals surface area (Å²) in [6.07, 6.45) is -1.00. The van der Waals surface area contributed by atoms with Crippen LogP contribution in [0.4, 0.5) is 0 Å². The predicted molar refractivity (Wildman–Crippen MR) is 117 cm³/mol. The normalized spacial score (nSPS) is 11.3. The van der Waals surface area contributed by atoms with Gasteiger partial charge in [0.05, 0.1) is 0 Å².